The van der Waals surface area contributed by atoms with Crippen LogP contribution in [0.15, 0.2) is 53.0 Å². The molecule has 0 radical (unpaired) electrons. The van der Waals surface area contributed by atoms with Gasteiger partial charge >= 0.3 is 0 Å². The highest BCUT2D eigenvalue weighted by molar-refractivity contribution is 9.10. The summed E-state index contributed by atoms with van der Waals surface area (Å²) in [5.74, 6) is 0.165. The van der Waals surface area contributed by atoms with Gasteiger partial charge in [0.1, 0.15) is 0 Å². The Hall–Kier alpha value is -1.52. The zero-order chi connectivity index (χ0) is 16.2. The van der Waals surface area contributed by atoms with Crippen LogP contribution < -0.4 is 10.2 Å². The quantitative estimate of drug-likeness (QED) is 0.799. The largest absolute Gasteiger partial charge is 0.371 e. The highest BCUT2D eigenvalue weighted by Gasteiger charge is 2.25. The summed E-state index contributed by atoms with van der Waals surface area (Å²) >= 11 is 9.39. The number of amides is 1. The summed E-state index contributed by atoms with van der Waals surface area (Å²) < 4.78 is 0.909. The number of hydrogen-bond donors (Lipinski definition) is 1. The number of nitrogens with zero attached hydrogens (tertiary/aromatic N) is 1. The second kappa shape index (κ2) is 7.37. The Bertz CT molecular complexity index is 682. The average Bonchev–Trinajstić information content (AvgIpc) is 2.58. The molecule has 0 bridgehead atoms. The van der Waals surface area contributed by atoms with Gasteiger partial charge in [-0.25, -0.2) is 0 Å². The van der Waals surface area contributed by atoms with Crippen LogP contribution in [0, 0.1) is 5.92 Å². The van der Waals surface area contributed by atoms with E-state index in [4.69, 9.17) is 11.6 Å². The van der Waals surface area contributed by atoms with E-state index < -0.39 is 0 Å². The van der Waals surface area contributed by atoms with Crippen LogP contribution in [0.3, 0.4) is 0 Å². The van der Waals surface area contributed by atoms with Crippen LogP contribution in [0.5, 0.6) is 0 Å². The molecule has 1 saturated heterocycles. The van der Waals surface area contributed by atoms with E-state index in [2.05, 4.69) is 26.1 Å². The van der Waals surface area contributed by atoms with Crippen molar-refractivity contribution < 1.29 is 4.79 Å². The molecule has 1 aliphatic rings. The lowest BCUT2D eigenvalue weighted by Crippen LogP contribution is -2.38. The van der Waals surface area contributed by atoms with Gasteiger partial charge in [-0.3, -0.25) is 4.79 Å². The molecule has 0 atom stereocenters. The summed E-state index contributed by atoms with van der Waals surface area (Å²) in [5, 5.41) is 3.77. The standard InChI is InChI=1S/C18H18BrClN2O/c19-16-3-1-2-4-17(16)21-18(23)13-9-11-22(12-10-13)15-7-5-14(20)6-8-15/h1-8,13H,9-12H2,(H,21,23). The van der Waals surface area contributed by atoms with Gasteiger partial charge < -0.3 is 10.2 Å². The van der Waals surface area contributed by atoms with Crippen LogP contribution in [-0.4, -0.2) is 19.0 Å². The van der Waals surface area contributed by atoms with Crippen molar-refractivity contribution in [3.8, 4) is 0 Å². The minimum Gasteiger partial charge on any atom is -0.371 e. The third-order valence-electron chi connectivity index (χ3n) is 4.19. The lowest BCUT2D eigenvalue weighted by atomic mass is 9.95. The zero-order valence-corrected chi connectivity index (χ0v) is 15.0. The lowest BCUT2D eigenvalue weighted by Gasteiger charge is -2.33. The molecule has 1 N–H and O–H groups in total. The van der Waals surface area contributed by atoms with E-state index in [0.29, 0.717) is 0 Å². The highest BCUT2D eigenvalue weighted by Crippen LogP contribution is 2.27. The van der Waals surface area contributed by atoms with Crippen molar-refractivity contribution in [3.63, 3.8) is 0 Å². The molecule has 0 aliphatic carbocycles. The predicted molar refractivity (Wildman–Crippen MR) is 99.2 cm³/mol. The number of rotatable bonds is 3. The first-order valence-corrected chi connectivity index (χ1v) is 8.86. The predicted octanol–water partition coefficient (Wildman–Crippen LogP) is 4.96. The molecule has 0 saturated carbocycles. The summed E-state index contributed by atoms with van der Waals surface area (Å²) in [4.78, 5) is 14.7. The first kappa shape index (κ1) is 16.3. The van der Waals surface area contributed by atoms with E-state index in [1.165, 1.54) is 5.69 Å². The van der Waals surface area contributed by atoms with Gasteiger partial charge in [0.05, 0.1) is 5.69 Å². The van der Waals surface area contributed by atoms with Gasteiger partial charge in [-0.15, -0.1) is 0 Å². The van der Waals surface area contributed by atoms with Crippen LogP contribution >= 0.6 is 27.5 Å². The molecular formula is C18H18BrClN2O. The summed E-state index contributed by atoms with van der Waals surface area (Å²) in [5.41, 5.74) is 2.00. The maximum atomic E-state index is 12.4. The van der Waals surface area contributed by atoms with E-state index >= 15 is 0 Å². The minimum atomic E-state index is 0.0608. The molecule has 1 fully saturated rings. The van der Waals surface area contributed by atoms with Crippen molar-refractivity contribution in [3.05, 3.63) is 58.0 Å². The van der Waals surface area contributed by atoms with Gasteiger partial charge in [0.2, 0.25) is 5.91 Å². The smallest absolute Gasteiger partial charge is 0.227 e. The Balaban J connectivity index is 1.57. The van der Waals surface area contributed by atoms with E-state index in [-0.39, 0.29) is 11.8 Å². The molecule has 1 amide bonds. The van der Waals surface area contributed by atoms with Gasteiger partial charge in [-0.1, -0.05) is 23.7 Å². The second-order valence-corrected chi connectivity index (χ2v) is 7.00. The van der Waals surface area contributed by atoms with Crippen LogP contribution in [0.4, 0.5) is 11.4 Å². The Morgan fingerprint density at radius 1 is 1.09 bits per heavy atom. The summed E-state index contributed by atoms with van der Waals surface area (Å²) in [6, 6.07) is 15.6. The van der Waals surface area contributed by atoms with Gasteiger partial charge in [-0.2, -0.15) is 0 Å². The maximum absolute atomic E-state index is 12.4. The Morgan fingerprint density at radius 3 is 2.39 bits per heavy atom. The van der Waals surface area contributed by atoms with Gasteiger partial charge in [0.25, 0.3) is 0 Å². The Morgan fingerprint density at radius 2 is 1.74 bits per heavy atom. The first-order chi connectivity index (χ1) is 11.1. The number of halogens is 2. The lowest BCUT2D eigenvalue weighted by molar-refractivity contribution is -0.120. The summed E-state index contributed by atoms with van der Waals surface area (Å²) in [6.07, 6.45) is 1.72. The first-order valence-electron chi connectivity index (χ1n) is 7.69. The molecule has 5 heteroatoms. The number of carbonyl (C=O) groups excluding carboxylic acids is 1. The SMILES string of the molecule is O=C(Nc1ccccc1Br)C1CCN(c2ccc(Cl)cc2)CC1. The summed E-state index contributed by atoms with van der Waals surface area (Å²) in [7, 11) is 0. The fraction of sp³-hybridized carbons (Fsp3) is 0.278. The van der Waals surface area contributed by atoms with Gasteiger partial charge in [0, 0.05) is 34.2 Å². The number of anilines is 2. The molecule has 2 aromatic rings. The zero-order valence-electron chi connectivity index (χ0n) is 12.6. The fourth-order valence-electron chi connectivity index (χ4n) is 2.85. The molecule has 0 spiro atoms. The summed E-state index contributed by atoms with van der Waals surface area (Å²) in [6.45, 7) is 1.77. The number of hydrogen-bond acceptors (Lipinski definition) is 2. The normalized spacial score (nSPS) is 15.5. The maximum Gasteiger partial charge on any atom is 0.227 e. The molecule has 3 nitrogen and oxygen atoms in total. The number of carbonyl (C=O) groups is 1. The number of nitrogens with one attached hydrogen (secondary N) is 1. The molecule has 120 valence electrons. The van der Waals surface area contributed by atoms with Crippen molar-refractivity contribution in [2.45, 2.75) is 12.8 Å². The third-order valence-corrected chi connectivity index (χ3v) is 5.13. The second-order valence-electron chi connectivity index (χ2n) is 5.71. The highest BCUT2D eigenvalue weighted by atomic mass is 79.9. The van der Waals surface area contributed by atoms with Crippen molar-refractivity contribution in [2.75, 3.05) is 23.3 Å². The minimum absolute atomic E-state index is 0.0608. The molecule has 3 rings (SSSR count). The van der Waals surface area contributed by atoms with Crippen LogP contribution in [0.1, 0.15) is 12.8 Å². The van der Waals surface area contributed by atoms with Crippen molar-refractivity contribution >= 4 is 44.8 Å². The van der Waals surface area contributed by atoms with Crippen molar-refractivity contribution in [1.82, 2.24) is 0 Å². The topological polar surface area (TPSA) is 32.3 Å². The molecule has 1 heterocycles. The van der Waals surface area contributed by atoms with Gasteiger partial charge in [-0.05, 0) is 65.2 Å². The number of benzene rings is 2. The molecule has 23 heavy (non-hydrogen) atoms. The molecule has 0 aromatic heterocycles. The van der Waals surface area contributed by atoms with Crippen molar-refractivity contribution in [2.24, 2.45) is 5.92 Å². The van der Waals surface area contributed by atoms with Crippen LogP contribution in [-0.2, 0) is 4.79 Å². The molecular weight excluding hydrogens is 376 g/mol. The monoisotopic (exact) mass is 392 g/mol. The third kappa shape index (κ3) is 4.06. The molecule has 1 aliphatic heterocycles. The van der Waals surface area contributed by atoms with Crippen LogP contribution in [0.25, 0.3) is 0 Å². The fourth-order valence-corrected chi connectivity index (χ4v) is 3.36. The van der Waals surface area contributed by atoms with E-state index in [9.17, 15) is 4.79 Å². The Labute approximate surface area is 149 Å². The van der Waals surface area contributed by atoms with E-state index in [0.717, 1.165) is 41.1 Å². The number of para-hydroxylation sites is 1. The Kier molecular flexibility index (Phi) is 5.23. The van der Waals surface area contributed by atoms with Crippen LogP contribution in [0.2, 0.25) is 5.02 Å². The number of piperidine rings is 1. The van der Waals surface area contributed by atoms with Crippen molar-refractivity contribution in [1.29, 1.82) is 0 Å². The molecule has 2 aromatic carbocycles. The molecule has 0 unspecified atom stereocenters. The average molecular weight is 394 g/mol. The van der Waals surface area contributed by atoms with Gasteiger partial charge in [0.15, 0.2) is 0 Å². The van der Waals surface area contributed by atoms with E-state index in [1.807, 2.05) is 48.5 Å². The van der Waals surface area contributed by atoms with E-state index in [1.54, 1.807) is 0 Å².